The van der Waals surface area contributed by atoms with Crippen LogP contribution >= 0.6 is 0 Å². The van der Waals surface area contributed by atoms with Gasteiger partial charge in [0.2, 0.25) is 10.0 Å². The first-order valence-corrected chi connectivity index (χ1v) is 12.1. The molecule has 2 aromatic rings. The molecule has 1 amide bonds. The minimum Gasteiger partial charge on any atom is -0.483 e. The molecule has 1 aliphatic heterocycles. The fourth-order valence-corrected chi connectivity index (χ4v) is 4.45. The third-order valence-corrected chi connectivity index (χ3v) is 6.83. The molecule has 1 fully saturated rings. The average molecular weight is 447 g/mol. The van der Waals surface area contributed by atoms with Gasteiger partial charge in [0.15, 0.2) is 6.61 Å². The highest BCUT2D eigenvalue weighted by Crippen LogP contribution is 2.28. The number of para-hydroxylation sites is 1. The van der Waals surface area contributed by atoms with Crippen molar-refractivity contribution in [3.63, 3.8) is 0 Å². The Bertz CT molecular complexity index is 970. The van der Waals surface area contributed by atoms with Gasteiger partial charge in [-0.2, -0.15) is 0 Å². The second kappa shape index (κ2) is 10.7. The number of rotatable bonds is 10. The molecule has 1 aliphatic rings. The molecule has 0 bridgehead atoms. The van der Waals surface area contributed by atoms with Gasteiger partial charge in [0.1, 0.15) is 5.75 Å². The minimum absolute atomic E-state index is 0.0706. The Morgan fingerprint density at radius 3 is 2.61 bits per heavy atom. The van der Waals surface area contributed by atoms with E-state index in [2.05, 4.69) is 23.9 Å². The summed E-state index contributed by atoms with van der Waals surface area (Å²) in [5.74, 6) is 0.722. The quantitative estimate of drug-likeness (QED) is 0.581. The first-order valence-electron chi connectivity index (χ1n) is 10.6. The minimum atomic E-state index is -3.62. The second-order valence-electron chi connectivity index (χ2n) is 7.70. The Morgan fingerprint density at radius 1 is 1.19 bits per heavy atom. The van der Waals surface area contributed by atoms with Crippen molar-refractivity contribution < 1.29 is 22.7 Å². The van der Waals surface area contributed by atoms with Gasteiger partial charge in [-0.15, -0.1) is 0 Å². The summed E-state index contributed by atoms with van der Waals surface area (Å²) in [6.07, 6.45) is 2.72. The monoisotopic (exact) mass is 446 g/mol. The Balaban J connectivity index is 1.53. The Labute approximate surface area is 184 Å². The summed E-state index contributed by atoms with van der Waals surface area (Å²) in [7, 11) is -3.62. The van der Waals surface area contributed by atoms with Crippen LogP contribution in [0.5, 0.6) is 5.75 Å². The topological polar surface area (TPSA) is 93.7 Å². The van der Waals surface area contributed by atoms with Crippen LogP contribution in [0.4, 0.5) is 5.69 Å². The van der Waals surface area contributed by atoms with Gasteiger partial charge in [0.05, 0.1) is 11.0 Å². The predicted octanol–water partition coefficient (Wildman–Crippen LogP) is 3.67. The first-order chi connectivity index (χ1) is 14.9. The molecule has 0 saturated carbocycles. The molecule has 0 aromatic heterocycles. The van der Waals surface area contributed by atoms with Crippen LogP contribution in [-0.2, 0) is 19.6 Å². The van der Waals surface area contributed by atoms with E-state index in [1.165, 1.54) is 12.1 Å². The lowest BCUT2D eigenvalue weighted by Gasteiger charge is -2.15. The highest BCUT2D eigenvalue weighted by Gasteiger charge is 2.20. The number of anilines is 1. The fraction of sp³-hybridized carbons (Fsp3) is 0.435. The number of benzene rings is 2. The van der Waals surface area contributed by atoms with Gasteiger partial charge in [-0.3, -0.25) is 4.79 Å². The lowest BCUT2D eigenvalue weighted by atomic mass is 9.98. The van der Waals surface area contributed by atoms with E-state index in [0.717, 1.165) is 24.8 Å². The summed E-state index contributed by atoms with van der Waals surface area (Å²) in [5.41, 5.74) is 1.57. The smallest absolute Gasteiger partial charge is 0.262 e. The molecule has 2 aromatic carbocycles. The van der Waals surface area contributed by atoms with Crippen molar-refractivity contribution in [1.82, 2.24) is 4.72 Å². The molecule has 31 heavy (non-hydrogen) atoms. The Hall–Kier alpha value is -2.42. The molecule has 3 rings (SSSR count). The van der Waals surface area contributed by atoms with Gasteiger partial charge in [-0.05, 0) is 61.1 Å². The van der Waals surface area contributed by atoms with E-state index in [-0.39, 0.29) is 30.1 Å². The first kappa shape index (κ1) is 23.2. The number of amides is 1. The molecule has 2 unspecified atom stereocenters. The standard InChI is InChI=1S/C23H30N2O5S/c1-3-17(2)21-8-4-5-9-22(21)30-16-23(26)25-18-10-12-20(13-11-18)31(27,28)24-15-19-7-6-14-29-19/h4-5,8-13,17,19,24H,3,6-7,14-16H2,1-2H3,(H,25,26). The van der Waals surface area contributed by atoms with Gasteiger partial charge < -0.3 is 14.8 Å². The van der Waals surface area contributed by atoms with Crippen molar-refractivity contribution in [2.75, 3.05) is 25.1 Å². The number of carbonyl (C=O) groups is 1. The summed E-state index contributed by atoms with van der Waals surface area (Å²) >= 11 is 0. The fourth-order valence-electron chi connectivity index (χ4n) is 3.39. The number of ether oxygens (including phenoxy) is 2. The van der Waals surface area contributed by atoms with Crippen LogP contribution in [0.15, 0.2) is 53.4 Å². The zero-order valence-corrected chi connectivity index (χ0v) is 18.8. The molecule has 0 aliphatic carbocycles. The van der Waals surface area contributed by atoms with Crippen molar-refractivity contribution >= 4 is 21.6 Å². The van der Waals surface area contributed by atoms with Crippen LogP contribution in [0.25, 0.3) is 0 Å². The average Bonchev–Trinajstić information content (AvgIpc) is 3.30. The molecule has 2 N–H and O–H groups in total. The van der Waals surface area contributed by atoms with Crippen LogP contribution < -0.4 is 14.8 Å². The highest BCUT2D eigenvalue weighted by molar-refractivity contribution is 7.89. The van der Waals surface area contributed by atoms with Gasteiger partial charge >= 0.3 is 0 Å². The number of sulfonamides is 1. The Morgan fingerprint density at radius 2 is 1.94 bits per heavy atom. The summed E-state index contributed by atoms with van der Waals surface area (Å²) < 4.78 is 38.6. The summed E-state index contributed by atoms with van der Waals surface area (Å²) in [5, 5.41) is 2.73. The maximum Gasteiger partial charge on any atom is 0.262 e. The number of hydrogen-bond acceptors (Lipinski definition) is 5. The lowest BCUT2D eigenvalue weighted by molar-refractivity contribution is -0.118. The lowest BCUT2D eigenvalue weighted by Crippen LogP contribution is -2.31. The molecule has 2 atom stereocenters. The molecule has 0 radical (unpaired) electrons. The van der Waals surface area contributed by atoms with E-state index < -0.39 is 10.0 Å². The third kappa shape index (κ3) is 6.53. The normalized spacial score (nSPS) is 17.3. The highest BCUT2D eigenvalue weighted by atomic mass is 32.2. The summed E-state index contributed by atoms with van der Waals surface area (Å²) in [6, 6.07) is 13.8. The molecule has 7 nitrogen and oxygen atoms in total. The van der Waals surface area contributed by atoms with Crippen LogP contribution in [0.1, 0.15) is 44.6 Å². The molecule has 1 saturated heterocycles. The zero-order chi connectivity index (χ0) is 22.3. The van der Waals surface area contributed by atoms with E-state index in [0.29, 0.717) is 24.0 Å². The zero-order valence-electron chi connectivity index (χ0n) is 18.0. The van der Waals surface area contributed by atoms with Crippen molar-refractivity contribution in [2.45, 2.75) is 50.0 Å². The van der Waals surface area contributed by atoms with Crippen LogP contribution in [0.2, 0.25) is 0 Å². The van der Waals surface area contributed by atoms with Gasteiger partial charge in [0, 0.05) is 18.8 Å². The van der Waals surface area contributed by atoms with E-state index in [4.69, 9.17) is 9.47 Å². The molecular weight excluding hydrogens is 416 g/mol. The number of carbonyl (C=O) groups excluding carboxylic acids is 1. The Kier molecular flexibility index (Phi) is 8.06. The molecule has 168 valence electrons. The van der Waals surface area contributed by atoms with E-state index in [1.807, 2.05) is 24.3 Å². The van der Waals surface area contributed by atoms with Crippen LogP contribution in [0, 0.1) is 0 Å². The van der Waals surface area contributed by atoms with E-state index in [9.17, 15) is 13.2 Å². The number of hydrogen-bond donors (Lipinski definition) is 2. The summed E-state index contributed by atoms with van der Waals surface area (Å²) in [6.45, 7) is 5.03. The maximum atomic E-state index is 12.4. The van der Waals surface area contributed by atoms with Crippen molar-refractivity contribution in [3.8, 4) is 5.75 Å². The van der Waals surface area contributed by atoms with Crippen molar-refractivity contribution in [3.05, 3.63) is 54.1 Å². The third-order valence-electron chi connectivity index (χ3n) is 5.39. The van der Waals surface area contributed by atoms with Crippen molar-refractivity contribution in [2.24, 2.45) is 0 Å². The largest absolute Gasteiger partial charge is 0.483 e. The maximum absolute atomic E-state index is 12.4. The molecule has 0 spiro atoms. The van der Waals surface area contributed by atoms with Crippen LogP contribution in [0.3, 0.4) is 0 Å². The van der Waals surface area contributed by atoms with Crippen LogP contribution in [-0.4, -0.2) is 40.2 Å². The predicted molar refractivity (Wildman–Crippen MR) is 120 cm³/mol. The van der Waals surface area contributed by atoms with E-state index >= 15 is 0 Å². The van der Waals surface area contributed by atoms with E-state index in [1.54, 1.807) is 12.1 Å². The van der Waals surface area contributed by atoms with Crippen molar-refractivity contribution in [1.29, 1.82) is 0 Å². The van der Waals surface area contributed by atoms with Gasteiger partial charge in [-0.1, -0.05) is 32.0 Å². The number of nitrogens with one attached hydrogen (secondary N) is 2. The van der Waals surface area contributed by atoms with Gasteiger partial charge in [0.25, 0.3) is 5.91 Å². The molecular formula is C23H30N2O5S. The second-order valence-corrected chi connectivity index (χ2v) is 9.46. The van der Waals surface area contributed by atoms with Gasteiger partial charge in [-0.25, -0.2) is 13.1 Å². The summed E-state index contributed by atoms with van der Waals surface area (Å²) in [4.78, 5) is 12.4. The SMILES string of the molecule is CCC(C)c1ccccc1OCC(=O)Nc1ccc(S(=O)(=O)NCC2CCCO2)cc1. The molecule has 1 heterocycles. The molecule has 8 heteroatoms.